The van der Waals surface area contributed by atoms with E-state index in [1.165, 1.54) is 0 Å². The first-order chi connectivity index (χ1) is 12.5. The van der Waals surface area contributed by atoms with Gasteiger partial charge in [-0.1, -0.05) is 43.6 Å². The summed E-state index contributed by atoms with van der Waals surface area (Å²) in [6.45, 7) is 5.02. The zero-order valence-electron chi connectivity index (χ0n) is 15.0. The van der Waals surface area contributed by atoms with Crippen LogP contribution < -0.4 is 15.4 Å². The Morgan fingerprint density at radius 2 is 1.85 bits per heavy atom. The van der Waals surface area contributed by atoms with E-state index in [1.807, 2.05) is 38.1 Å². The molecule has 26 heavy (non-hydrogen) atoms. The van der Waals surface area contributed by atoms with Gasteiger partial charge in [-0.15, -0.1) is 0 Å². The highest BCUT2D eigenvalue weighted by atomic mass is 35.5. The molecular weight excluding hydrogens is 352 g/mol. The number of amides is 1. The summed E-state index contributed by atoms with van der Waals surface area (Å²) in [5, 5.41) is 16.6. The number of carbonyl (C=O) groups is 1. The molecule has 1 amide bonds. The third-order valence-electron chi connectivity index (χ3n) is 3.71. The molecule has 2 aromatic rings. The van der Waals surface area contributed by atoms with Crippen molar-refractivity contribution >= 4 is 17.5 Å². The zero-order valence-corrected chi connectivity index (χ0v) is 15.8. The van der Waals surface area contributed by atoms with Crippen LogP contribution >= 0.6 is 11.6 Å². The molecule has 5 nitrogen and oxygen atoms in total. The normalized spacial score (nSPS) is 12.0. The summed E-state index contributed by atoms with van der Waals surface area (Å²) in [6.07, 6.45) is -0.603. The van der Waals surface area contributed by atoms with E-state index >= 15 is 0 Å². The standard InChI is InChI=1S/C20H25ClN2O3/c1-14(2)22-12-18(24)13-26-19-6-4-3-5-16(19)11-23-20(25)15-7-9-17(21)10-8-15/h3-10,14,18,22,24H,11-13H2,1-2H3,(H,23,25). The van der Waals surface area contributed by atoms with Gasteiger partial charge in [0.15, 0.2) is 0 Å². The van der Waals surface area contributed by atoms with Gasteiger partial charge >= 0.3 is 0 Å². The Morgan fingerprint density at radius 1 is 1.15 bits per heavy atom. The summed E-state index contributed by atoms with van der Waals surface area (Å²) in [4.78, 5) is 12.2. The molecule has 0 aromatic heterocycles. The molecule has 0 fully saturated rings. The van der Waals surface area contributed by atoms with Gasteiger partial charge in [-0.3, -0.25) is 4.79 Å². The van der Waals surface area contributed by atoms with Crippen molar-refractivity contribution in [1.29, 1.82) is 0 Å². The van der Waals surface area contributed by atoms with Crippen LogP contribution in [0.4, 0.5) is 0 Å². The van der Waals surface area contributed by atoms with Crippen LogP contribution in [0.25, 0.3) is 0 Å². The SMILES string of the molecule is CC(C)NCC(O)COc1ccccc1CNC(=O)c1ccc(Cl)cc1. The molecule has 0 bridgehead atoms. The highest BCUT2D eigenvalue weighted by Crippen LogP contribution is 2.18. The predicted octanol–water partition coefficient (Wildman–Crippen LogP) is 3.01. The fourth-order valence-electron chi connectivity index (χ4n) is 2.29. The summed E-state index contributed by atoms with van der Waals surface area (Å²) >= 11 is 5.84. The van der Waals surface area contributed by atoms with Crippen molar-refractivity contribution in [1.82, 2.24) is 10.6 Å². The molecule has 1 unspecified atom stereocenters. The molecule has 0 heterocycles. The maximum Gasteiger partial charge on any atom is 0.251 e. The first kappa shape index (κ1) is 20.2. The molecule has 2 aromatic carbocycles. The summed E-state index contributed by atoms with van der Waals surface area (Å²) in [5.41, 5.74) is 1.39. The third kappa shape index (κ3) is 6.67. The highest BCUT2D eigenvalue weighted by molar-refractivity contribution is 6.30. The lowest BCUT2D eigenvalue weighted by molar-refractivity contribution is 0.0946. The first-order valence-corrected chi connectivity index (χ1v) is 8.99. The number of rotatable bonds is 9. The number of para-hydroxylation sites is 1. The van der Waals surface area contributed by atoms with Gasteiger partial charge in [-0.05, 0) is 30.3 Å². The van der Waals surface area contributed by atoms with E-state index in [4.69, 9.17) is 16.3 Å². The number of aliphatic hydroxyl groups excluding tert-OH is 1. The van der Waals surface area contributed by atoms with E-state index in [9.17, 15) is 9.90 Å². The maximum atomic E-state index is 12.2. The molecule has 0 saturated heterocycles. The molecule has 140 valence electrons. The van der Waals surface area contributed by atoms with Crippen LogP contribution in [-0.2, 0) is 6.54 Å². The number of aliphatic hydroxyl groups is 1. The van der Waals surface area contributed by atoms with Gasteiger partial charge in [0.25, 0.3) is 5.91 Å². The topological polar surface area (TPSA) is 70.6 Å². The quantitative estimate of drug-likeness (QED) is 0.629. The lowest BCUT2D eigenvalue weighted by atomic mass is 10.1. The summed E-state index contributed by atoms with van der Waals surface area (Å²) in [6, 6.07) is 14.5. The molecule has 1 atom stereocenters. The molecule has 2 rings (SSSR count). The summed E-state index contributed by atoms with van der Waals surface area (Å²) in [7, 11) is 0. The fraction of sp³-hybridized carbons (Fsp3) is 0.350. The predicted molar refractivity (Wildman–Crippen MR) is 104 cm³/mol. The number of hydrogen-bond donors (Lipinski definition) is 3. The zero-order chi connectivity index (χ0) is 18.9. The van der Waals surface area contributed by atoms with Crippen molar-refractivity contribution < 1.29 is 14.6 Å². The summed E-state index contributed by atoms with van der Waals surface area (Å²) < 4.78 is 5.73. The number of benzene rings is 2. The van der Waals surface area contributed by atoms with Gasteiger partial charge in [0, 0.05) is 35.3 Å². The Balaban J connectivity index is 1.89. The van der Waals surface area contributed by atoms with E-state index < -0.39 is 6.10 Å². The Kier molecular flexibility index (Phi) is 7.91. The van der Waals surface area contributed by atoms with E-state index in [-0.39, 0.29) is 12.5 Å². The Bertz CT molecular complexity index is 704. The minimum Gasteiger partial charge on any atom is -0.490 e. The van der Waals surface area contributed by atoms with Crippen LogP contribution in [0.1, 0.15) is 29.8 Å². The Hall–Kier alpha value is -2.08. The number of carbonyl (C=O) groups excluding carboxylic acids is 1. The molecule has 0 aliphatic carbocycles. The van der Waals surface area contributed by atoms with Crippen molar-refractivity contribution in [3.8, 4) is 5.75 Å². The fourth-order valence-corrected chi connectivity index (χ4v) is 2.41. The van der Waals surface area contributed by atoms with Crippen molar-refractivity contribution in [2.24, 2.45) is 0 Å². The minimum absolute atomic E-state index is 0.182. The first-order valence-electron chi connectivity index (χ1n) is 8.61. The molecule has 0 radical (unpaired) electrons. The molecule has 0 aliphatic heterocycles. The van der Waals surface area contributed by atoms with E-state index in [0.29, 0.717) is 35.5 Å². The second-order valence-corrected chi connectivity index (χ2v) is 6.76. The lowest BCUT2D eigenvalue weighted by Gasteiger charge is -2.17. The van der Waals surface area contributed by atoms with Crippen LogP contribution in [-0.4, -0.2) is 36.3 Å². The second kappa shape index (κ2) is 10.2. The molecule has 6 heteroatoms. The Morgan fingerprint density at radius 3 is 2.54 bits per heavy atom. The van der Waals surface area contributed by atoms with Gasteiger partial charge in [-0.2, -0.15) is 0 Å². The summed E-state index contributed by atoms with van der Waals surface area (Å²) in [5.74, 6) is 0.463. The van der Waals surface area contributed by atoms with Crippen LogP contribution in [0.5, 0.6) is 5.75 Å². The van der Waals surface area contributed by atoms with E-state index in [0.717, 1.165) is 5.56 Å². The van der Waals surface area contributed by atoms with Crippen molar-refractivity contribution in [2.45, 2.75) is 32.5 Å². The van der Waals surface area contributed by atoms with Crippen LogP contribution in [0.2, 0.25) is 5.02 Å². The number of halogens is 1. The molecule has 0 saturated carbocycles. The van der Waals surface area contributed by atoms with Crippen LogP contribution in [0, 0.1) is 0 Å². The monoisotopic (exact) mass is 376 g/mol. The Labute approximate surface area is 159 Å². The highest BCUT2D eigenvalue weighted by Gasteiger charge is 2.10. The minimum atomic E-state index is -0.603. The van der Waals surface area contributed by atoms with Gasteiger partial charge in [0.05, 0.1) is 0 Å². The lowest BCUT2D eigenvalue weighted by Crippen LogP contribution is -2.35. The number of hydrogen-bond acceptors (Lipinski definition) is 4. The average molecular weight is 377 g/mol. The number of ether oxygens (including phenoxy) is 1. The smallest absolute Gasteiger partial charge is 0.251 e. The second-order valence-electron chi connectivity index (χ2n) is 6.33. The van der Waals surface area contributed by atoms with Crippen molar-refractivity contribution in [3.05, 3.63) is 64.7 Å². The van der Waals surface area contributed by atoms with Crippen LogP contribution in [0.3, 0.4) is 0 Å². The average Bonchev–Trinajstić information content (AvgIpc) is 2.64. The van der Waals surface area contributed by atoms with Crippen molar-refractivity contribution in [2.75, 3.05) is 13.2 Å². The van der Waals surface area contributed by atoms with Gasteiger partial charge in [-0.25, -0.2) is 0 Å². The third-order valence-corrected chi connectivity index (χ3v) is 3.96. The molecule has 0 aliphatic rings. The van der Waals surface area contributed by atoms with Gasteiger partial charge < -0.3 is 20.5 Å². The largest absolute Gasteiger partial charge is 0.490 e. The van der Waals surface area contributed by atoms with E-state index in [1.54, 1.807) is 24.3 Å². The van der Waals surface area contributed by atoms with E-state index in [2.05, 4.69) is 10.6 Å². The molecule has 0 spiro atoms. The van der Waals surface area contributed by atoms with Gasteiger partial charge in [0.2, 0.25) is 0 Å². The molecule has 3 N–H and O–H groups in total. The molecular formula is C20H25ClN2O3. The van der Waals surface area contributed by atoms with Crippen molar-refractivity contribution in [3.63, 3.8) is 0 Å². The van der Waals surface area contributed by atoms with Gasteiger partial charge in [0.1, 0.15) is 18.5 Å². The number of nitrogens with one attached hydrogen (secondary N) is 2. The maximum absolute atomic E-state index is 12.2. The van der Waals surface area contributed by atoms with Crippen LogP contribution in [0.15, 0.2) is 48.5 Å².